The average Bonchev–Trinajstić information content (AvgIpc) is 2.84. The Bertz CT molecular complexity index is 831. The Balaban J connectivity index is 1.97. The van der Waals surface area contributed by atoms with E-state index in [1.165, 1.54) is 0 Å². The second kappa shape index (κ2) is 4.57. The van der Waals surface area contributed by atoms with Crippen LogP contribution in [0.1, 0.15) is 36.3 Å². The molecule has 1 aromatic heterocycles. The predicted molar refractivity (Wildman–Crippen MR) is 84.6 cm³/mol. The van der Waals surface area contributed by atoms with Crippen LogP contribution >= 0.6 is 0 Å². The maximum atomic E-state index is 12.8. The van der Waals surface area contributed by atoms with E-state index in [9.17, 15) is 9.59 Å². The first-order chi connectivity index (χ1) is 10.6. The van der Waals surface area contributed by atoms with Crippen LogP contribution in [-0.2, 0) is 4.79 Å². The van der Waals surface area contributed by atoms with Gasteiger partial charge in [-0.25, -0.2) is 0 Å². The van der Waals surface area contributed by atoms with E-state index in [0.29, 0.717) is 6.42 Å². The fourth-order valence-electron chi connectivity index (χ4n) is 3.95. The van der Waals surface area contributed by atoms with Crippen molar-refractivity contribution in [2.24, 2.45) is 5.92 Å². The van der Waals surface area contributed by atoms with E-state index >= 15 is 0 Å². The zero-order valence-corrected chi connectivity index (χ0v) is 12.7. The Morgan fingerprint density at radius 3 is 2.77 bits per heavy atom. The zero-order chi connectivity index (χ0) is 15.4. The van der Waals surface area contributed by atoms with Gasteiger partial charge in [0, 0.05) is 36.0 Å². The van der Waals surface area contributed by atoms with Crippen molar-refractivity contribution in [3.8, 4) is 0 Å². The number of hydrogen-bond donors (Lipinski definition) is 0. The monoisotopic (exact) mass is 294 g/mol. The van der Waals surface area contributed by atoms with E-state index in [1.54, 1.807) is 4.90 Å². The summed E-state index contributed by atoms with van der Waals surface area (Å²) >= 11 is 0. The van der Waals surface area contributed by atoms with Crippen LogP contribution in [0.2, 0.25) is 0 Å². The number of allylic oxidation sites excluding steroid dienone is 1. The number of fused-ring (bicyclic) bond motifs is 6. The maximum Gasteiger partial charge on any atom is 0.250 e. The molecule has 0 spiro atoms. The Hall–Kier alpha value is -2.36. The smallest absolute Gasteiger partial charge is 0.250 e. The quantitative estimate of drug-likeness (QED) is 0.700. The number of para-hydroxylation sites is 1. The second-order valence-corrected chi connectivity index (χ2v) is 6.17. The van der Waals surface area contributed by atoms with Crippen LogP contribution in [0, 0.1) is 5.92 Å². The molecular weight excluding hydrogens is 276 g/mol. The fraction of sp³-hybridized carbons (Fsp3) is 0.333. The van der Waals surface area contributed by atoms with Gasteiger partial charge < -0.3 is 4.90 Å². The molecule has 2 atom stereocenters. The first-order valence-corrected chi connectivity index (χ1v) is 7.68. The standard InChI is InChI=1S/C18H18N2O2/c1-3-13-12-9-15(19(2)18(13)22)16-8-11-6-4-5-7-14(11)20(16)17(21)10-12/h3-8,12,15H,9-10H2,1-2H3/b13-3-/t12-,15+/m1/s1. The molecule has 2 bridgehead atoms. The summed E-state index contributed by atoms with van der Waals surface area (Å²) in [6.45, 7) is 1.88. The number of nitrogens with zero attached hydrogens (tertiary/aromatic N) is 2. The number of aromatic nitrogens is 1. The molecule has 3 heterocycles. The average molecular weight is 294 g/mol. The minimum atomic E-state index is -0.0277. The van der Waals surface area contributed by atoms with E-state index in [1.807, 2.05) is 48.9 Å². The summed E-state index contributed by atoms with van der Waals surface area (Å²) in [5.41, 5.74) is 2.67. The number of benzene rings is 1. The molecular formula is C18H18N2O2. The number of piperidine rings is 1. The molecule has 112 valence electrons. The summed E-state index contributed by atoms with van der Waals surface area (Å²) in [7, 11) is 1.84. The van der Waals surface area contributed by atoms with Crippen LogP contribution in [0.5, 0.6) is 0 Å². The van der Waals surface area contributed by atoms with Gasteiger partial charge in [0.15, 0.2) is 0 Å². The van der Waals surface area contributed by atoms with Crippen LogP contribution in [0.3, 0.4) is 0 Å². The minimum Gasteiger partial charge on any atom is -0.333 e. The molecule has 2 aliphatic heterocycles. The van der Waals surface area contributed by atoms with Gasteiger partial charge in [0.25, 0.3) is 0 Å². The zero-order valence-electron chi connectivity index (χ0n) is 12.7. The van der Waals surface area contributed by atoms with Crippen molar-refractivity contribution in [1.29, 1.82) is 0 Å². The number of likely N-dealkylation sites (tertiary alicyclic amines) is 1. The number of carbonyl (C=O) groups excluding carboxylic acids is 2. The minimum absolute atomic E-state index is 0.0277. The molecule has 22 heavy (non-hydrogen) atoms. The van der Waals surface area contributed by atoms with E-state index in [-0.39, 0.29) is 23.8 Å². The summed E-state index contributed by atoms with van der Waals surface area (Å²) in [5, 5.41) is 1.06. The summed E-state index contributed by atoms with van der Waals surface area (Å²) in [4.78, 5) is 27.2. The Morgan fingerprint density at radius 2 is 2.00 bits per heavy atom. The van der Waals surface area contributed by atoms with Gasteiger partial charge in [0.1, 0.15) is 0 Å². The van der Waals surface area contributed by atoms with Gasteiger partial charge >= 0.3 is 0 Å². The van der Waals surface area contributed by atoms with Crippen molar-refractivity contribution < 1.29 is 9.59 Å². The lowest BCUT2D eigenvalue weighted by Gasteiger charge is -2.36. The summed E-state index contributed by atoms with van der Waals surface area (Å²) < 4.78 is 1.82. The Labute approximate surface area is 129 Å². The highest BCUT2D eigenvalue weighted by Gasteiger charge is 2.41. The van der Waals surface area contributed by atoms with E-state index in [2.05, 4.69) is 6.07 Å². The predicted octanol–water partition coefficient (Wildman–Crippen LogP) is 3.15. The lowest BCUT2D eigenvalue weighted by molar-refractivity contribution is -0.131. The summed E-state index contributed by atoms with van der Waals surface area (Å²) in [6, 6.07) is 9.95. The number of hydrogen-bond acceptors (Lipinski definition) is 2. The van der Waals surface area contributed by atoms with Gasteiger partial charge in [-0.15, -0.1) is 0 Å². The topological polar surface area (TPSA) is 42.3 Å². The van der Waals surface area contributed by atoms with Gasteiger partial charge in [0.05, 0.1) is 11.6 Å². The summed E-state index contributed by atoms with van der Waals surface area (Å²) in [5.74, 6) is 0.172. The fourth-order valence-corrected chi connectivity index (χ4v) is 3.95. The largest absolute Gasteiger partial charge is 0.333 e. The number of carbonyl (C=O) groups is 2. The van der Waals surface area contributed by atoms with Crippen molar-refractivity contribution >= 4 is 22.7 Å². The lowest BCUT2D eigenvalue weighted by Crippen LogP contribution is -2.39. The second-order valence-electron chi connectivity index (χ2n) is 6.17. The molecule has 0 radical (unpaired) electrons. The molecule has 2 aliphatic rings. The van der Waals surface area contributed by atoms with Crippen LogP contribution in [0.4, 0.5) is 0 Å². The molecule has 0 aliphatic carbocycles. The number of amides is 1. The molecule has 4 rings (SSSR count). The van der Waals surface area contributed by atoms with Gasteiger partial charge in [-0.05, 0) is 25.5 Å². The van der Waals surface area contributed by atoms with Crippen molar-refractivity contribution in [3.63, 3.8) is 0 Å². The lowest BCUT2D eigenvalue weighted by atomic mass is 9.83. The summed E-state index contributed by atoms with van der Waals surface area (Å²) in [6.07, 6.45) is 3.09. The third-order valence-corrected chi connectivity index (χ3v) is 5.04. The number of rotatable bonds is 0. The SMILES string of the molecule is C/C=C1\C(=O)N(C)[C@H]2C[C@@H]1CC(=O)n1c2cc2ccccc21. The molecule has 2 aromatic rings. The molecule has 1 aromatic carbocycles. The molecule has 0 N–H and O–H groups in total. The highest BCUT2D eigenvalue weighted by molar-refractivity contribution is 5.99. The molecule has 1 fully saturated rings. The van der Waals surface area contributed by atoms with Crippen molar-refractivity contribution in [1.82, 2.24) is 9.47 Å². The van der Waals surface area contributed by atoms with E-state index in [0.717, 1.165) is 28.6 Å². The van der Waals surface area contributed by atoms with Gasteiger partial charge in [-0.1, -0.05) is 24.3 Å². The Morgan fingerprint density at radius 1 is 1.23 bits per heavy atom. The third-order valence-electron chi connectivity index (χ3n) is 5.04. The first kappa shape index (κ1) is 13.3. The molecule has 1 amide bonds. The van der Waals surface area contributed by atoms with Crippen molar-refractivity contribution in [3.05, 3.63) is 47.7 Å². The molecule has 1 saturated heterocycles. The van der Waals surface area contributed by atoms with Gasteiger partial charge in [0.2, 0.25) is 11.8 Å². The van der Waals surface area contributed by atoms with Crippen LogP contribution < -0.4 is 0 Å². The molecule has 0 saturated carbocycles. The van der Waals surface area contributed by atoms with Crippen molar-refractivity contribution in [2.75, 3.05) is 7.05 Å². The van der Waals surface area contributed by atoms with Gasteiger partial charge in [-0.3, -0.25) is 14.2 Å². The highest BCUT2D eigenvalue weighted by Crippen LogP contribution is 2.42. The normalized spacial score (nSPS) is 26.5. The van der Waals surface area contributed by atoms with Crippen LogP contribution in [-0.4, -0.2) is 28.3 Å². The maximum absolute atomic E-state index is 12.8. The van der Waals surface area contributed by atoms with Crippen LogP contribution in [0.15, 0.2) is 42.0 Å². The Kier molecular flexibility index (Phi) is 2.76. The highest BCUT2D eigenvalue weighted by atomic mass is 16.2. The van der Waals surface area contributed by atoms with E-state index < -0.39 is 0 Å². The molecule has 0 unspecified atom stereocenters. The third kappa shape index (κ3) is 1.64. The van der Waals surface area contributed by atoms with Gasteiger partial charge in [-0.2, -0.15) is 0 Å². The van der Waals surface area contributed by atoms with E-state index in [4.69, 9.17) is 0 Å². The van der Waals surface area contributed by atoms with Crippen LogP contribution in [0.25, 0.3) is 10.9 Å². The number of likely N-dealkylation sites (N-methyl/N-ethyl adjacent to an activating group) is 1. The molecule has 4 nitrogen and oxygen atoms in total. The first-order valence-electron chi connectivity index (χ1n) is 7.68. The van der Waals surface area contributed by atoms with Crippen molar-refractivity contribution in [2.45, 2.75) is 25.8 Å². The molecule has 4 heteroatoms.